The van der Waals surface area contributed by atoms with Crippen LogP contribution in [-0.2, 0) is 16.6 Å². The van der Waals surface area contributed by atoms with E-state index in [1.165, 1.54) is 12.1 Å². The molecule has 0 atom stereocenters. The number of hydrogen-bond acceptors (Lipinski definition) is 4. The van der Waals surface area contributed by atoms with E-state index in [2.05, 4.69) is 9.71 Å². The Hall–Kier alpha value is -2.93. The lowest BCUT2D eigenvalue weighted by atomic mass is 10.3. The van der Waals surface area contributed by atoms with Crippen LogP contribution in [0.2, 0.25) is 0 Å². The van der Waals surface area contributed by atoms with Crippen molar-refractivity contribution in [3.63, 3.8) is 0 Å². The van der Waals surface area contributed by atoms with E-state index in [0.29, 0.717) is 11.4 Å². The molecule has 1 N–H and O–H groups in total. The lowest BCUT2D eigenvalue weighted by Crippen LogP contribution is -2.13. The van der Waals surface area contributed by atoms with E-state index in [1.54, 1.807) is 30.5 Å². The molecule has 0 bridgehead atoms. The molecule has 0 aliphatic rings. The molecular weight excluding hydrogens is 343 g/mol. The third-order valence-corrected chi connectivity index (χ3v) is 4.72. The minimum absolute atomic E-state index is 0.0197. The van der Waals surface area contributed by atoms with Gasteiger partial charge >= 0.3 is 0 Å². The summed E-state index contributed by atoms with van der Waals surface area (Å²) in [5.41, 5.74) is 1.11. The average molecular weight is 358 g/mol. The number of rotatable bonds is 6. The van der Waals surface area contributed by atoms with Crippen LogP contribution >= 0.6 is 0 Å². The van der Waals surface area contributed by atoms with Gasteiger partial charge in [-0.05, 0) is 48.5 Å². The zero-order chi connectivity index (χ0) is 17.7. The van der Waals surface area contributed by atoms with Crippen LogP contribution in [0.3, 0.4) is 0 Å². The summed E-state index contributed by atoms with van der Waals surface area (Å²) in [6.07, 6.45) is 1.67. The van der Waals surface area contributed by atoms with Gasteiger partial charge in [-0.2, -0.15) is 0 Å². The van der Waals surface area contributed by atoms with Crippen molar-refractivity contribution in [1.82, 2.24) is 4.98 Å². The average Bonchev–Trinajstić information content (AvgIpc) is 2.61. The molecule has 0 radical (unpaired) electrons. The van der Waals surface area contributed by atoms with Crippen LogP contribution in [0.4, 0.5) is 10.1 Å². The number of sulfonamides is 1. The fourth-order valence-corrected chi connectivity index (χ4v) is 3.17. The fraction of sp³-hybridized carbons (Fsp3) is 0.0556. The Bertz CT molecular complexity index is 946. The first-order valence-electron chi connectivity index (χ1n) is 7.44. The monoisotopic (exact) mass is 358 g/mol. The largest absolute Gasteiger partial charge is 0.487 e. The molecule has 25 heavy (non-hydrogen) atoms. The topological polar surface area (TPSA) is 68.3 Å². The lowest BCUT2D eigenvalue weighted by Gasteiger charge is -2.10. The molecule has 128 valence electrons. The predicted molar refractivity (Wildman–Crippen MR) is 92.2 cm³/mol. The number of halogens is 1. The van der Waals surface area contributed by atoms with Crippen molar-refractivity contribution in [1.29, 1.82) is 0 Å². The van der Waals surface area contributed by atoms with Gasteiger partial charge in [0.2, 0.25) is 0 Å². The lowest BCUT2D eigenvalue weighted by molar-refractivity contribution is 0.301. The molecular formula is C18H15FN2O3S. The minimum atomic E-state index is -3.80. The summed E-state index contributed by atoms with van der Waals surface area (Å²) < 4.78 is 45.6. The van der Waals surface area contributed by atoms with E-state index < -0.39 is 15.8 Å². The van der Waals surface area contributed by atoms with Gasteiger partial charge < -0.3 is 4.74 Å². The summed E-state index contributed by atoms with van der Waals surface area (Å²) in [4.78, 5) is 4.14. The van der Waals surface area contributed by atoms with Crippen molar-refractivity contribution >= 4 is 15.7 Å². The van der Waals surface area contributed by atoms with Gasteiger partial charge in [0.15, 0.2) is 0 Å². The summed E-state index contributed by atoms with van der Waals surface area (Å²) in [6.45, 7) is 0.273. The minimum Gasteiger partial charge on any atom is -0.487 e. The van der Waals surface area contributed by atoms with Crippen LogP contribution < -0.4 is 9.46 Å². The van der Waals surface area contributed by atoms with E-state index in [9.17, 15) is 12.8 Å². The zero-order valence-corrected chi connectivity index (χ0v) is 13.9. The van der Waals surface area contributed by atoms with Gasteiger partial charge in [-0.1, -0.05) is 12.1 Å². The van der Waals surface area contributed by atoms with Crippen molar-refractivity contribution in [3.05, 3.63) is 84.4 Å². The highest BCUT2D eigenvalue weighted by molar-refractivity contribution is 7.92. The second kappa shape index (κ2) is 7.31. The molecule has 1 aromatic heterocycles. The molecule has 0 fully saturated rings. The number of nitrogens with one attached hydrogen (secondary N) is 1. The van der Waals surface area contributed by atoms with Crippen molar-refractivity contribution in [3.8, 4) is 5.75 Å². The molecule has 1 heterocycles. The number of pyridine rings is 1. The zero-order valence-electron chi connectivity index (χ0n) is 13.1. The number of nitrogens with zero attached hydrogens (tertiary/aromatic N) is 1. The van der Waals surface area contributed by atoms with Crippen LogP contribution in [0.25, 0.3) is 0 Å². The van der Waals surface area contributed by atoms with Crippen molar-refractivity contribution < 1.29 is 17.5 Å². The highest BCUT2D eigenvalue weighted by atomic mass is 32.2. The van der Waals surface area contributed by atoms with Crippen LogP contribution in [0.5, 0.6) is 5.75 Å². The Morgan fingerprint density at radius 1 is 1.00 bits per heavy atom. The number of anilines is 1. The SMILES string of the molecule is O=S(=O)(Nc1cccc(OCc2ccccn2)c1)c1ccc(F)cc1. The molecule has 0 amide bonds. The van der Waals surface area contributed by atoms with Crippen molar-refractivity contribution in [2.75, 3.05) is 4.72 Å². The predicted octanol–water partition coefficient (Wildman–Crippen LogP) is 3.60. The summed E-state index contributed by atoms with van der Waals surface area (Å²) in [6, 6.07) is 16.7. The summed E-state index contributed by atoms with van der Waals surface area (Å²) in [5.74, 6) is 0.00817. The number of benzene rings is 2. The molecule has 0 spiro atoms. The van der Waals surface area contributed by atoms with Crippen molar-refractivity contribution in [2.24, 2.45) is 0 Å². The molecule has 5 nitrogen and oxygen atoms in total. The number of aromatic nitrogens is 1. The van der Waals surface area contributed by atoms with E-state index in [1.807, 2.05) is 18.2 Å². The molecule has 0 saturated heterocycles. The maximum absolute atomic E-state index is 12.9. The van der Waals surface area contributed by atoms with E-state index >= 15 is 0 Å². The normalized spacial score (nSPS) is 11.1. The van der Waals surface area contributed by atoms with E-state index in [0.717, 1.165) is 17.8 Å². The summed E-state index contributed by atoms with van der Waals surface area (Å²) >= 11 is 0. The highest BCUT2D eigenvalue weighted by Gasteiger charge is 2.14. The standard InChI is InChI=1S/C18H15FN2O3S/c19-14-7-9-18(10-8-14)25(22,23)21-15-5-3-6-17(12-15)24-13-16-4-1-2-11-20-16/h1-12,21H,13H2. The maximum atomic E-state index is 12.9. The first-order valence-corrected chi connectivity index (χ1v) is 8.92. The first-order chi connectivity index (χ1) is 12.0. The van der Waals surface area contributed by atoms with Gasteiger partial charge in [-0.3, -0.25) is 9.71 Å². The van der Waals surface area contributed by atoms with Gasteiger partial charge in [-0.15, -0.1) is 0 Å². The van der Waals surface area contributed by atoms with Crippen LogP contribution in [0, 0.1) is 5.82 Å². The second-order valence-corrected chi connectivity index (χ2v) is 6.88. The summed E-state index contributed by atoms with van der Waals surface area (Å²) in [7, 11) is -3.80. The van der Waals surface area contributed by atoms with Gasteiger partial charge in [0.05, 0.1) is 16.3 Å². The molecule has 7 heteroatoms. The smallest absolute Gasteiger partial charge is 0.261 e. The van der Waals surface area contributed by atoms with E-state index in [4.69, 9.17) is 4.74 Å². The van der Waals surface area contributed by atoms with Crippen molar-refractivity contribution in [2.45, 2.75) is 11.5 Å². The van der Waals surface area contributed by atoms with Crippen LogP contribution in [0.15, 0.2) is 77.8 Å². The molecule has 0 aliphatic carbocycles. The van der Waals surface area contributed by atoms with Gasteiger partial charge in [0, 0.05) is 12.3 Å². The molecule has 0 unspecified atom stereocenters. The maximum Gasteiger partial charge on any atom is 0.261 e. The Morgan fingerprint density at radius 2 is 1.80 bits per heavy atom. The number of hydrogen-bond donors (Lipinski definition) is 1. The highest BCUT2D eigenvalue weighted by Crippen LogP contribution is 2.21. The molecule has 0 saturated carbocycles. The second-order valence-electron chi connectivity index (χ2n) is 5.20. The number of ether oxygens (including phenoxy) is 1. The summed E-state index contributed by atoms with van der Waals surface area (Å²) in [5, 5.41) is 0. The first kappa shape index (κ1) is 16.9. The Kier molecular flexibility index (Phi) is 4.95. The molecule has 2 aromatic carbocycles. The quantitative estimate of drug-likeness (QED) is 0.731. The van der Waals surface area contributed by atoms with Crippen LogP contribution in [0.1, 0.15) is 5.69 Å². The van der Waals surface area contributed by atoms with Gasteiger partial charge in [-0.25, -0.2) is 12.8 Å². The third-order valence-electron chi connectivity index (χ3n) is 3.32. The fourth-order valence-electron chi connectivity index (χ4n) is 2.12. The van der Waals surface area contributed by atoms with Gasteiger partial charge in [0.25, 0.3) is 10.0 Å². The van der Waals surface area contributed by atoms with E-state index in [-0.39, 0.29) is 11.5 Å². The van der Waals surface area contributed by atoms with Crippen LogP contribution in [-0.4, -0.2) is 13.4 Å². The molecule has 3 aromatic rings. The molecule has 0 aliphatic heterocycles. The third kappa shape index (κ3) is 4.54. The Morgan fingerprint density at radius 3 is 2.52 bits per heavy atom. The molecule has 3 rings (SSSR count). The Balaban J connectivity index is 1.72. The van der Waals surface area contributed by atoms with Gasteiger partial charge in [0.1, 0.15) is 18.2 Å². The Labute approximate surface area is 145 Å².